The molecule has 0 saturated carbocycles. The summed E-state index contributed by atoms with van der Waals surface area (Å²) in [5.74, 6) is 1.84. The van der Waals surface area contributed by atoms with E-state index in [1.54, 1.807) is 0 Å². The molecule has 0 aliphatic rings. The van der Waals surface area contributed by atoms with Gasteiger partial charge in [0.15, 0.2) is 17.5 Å². The Hall–Kier alpha value is -6.65. The third-order valence-electron chi connectivity index (χ3n) is 8.97. The molecule has 0 atom stereocenters. The van der Waals surface area contributed by atoms with Crippen LogP contribution in [0.3, 0.4) is 0 Å². The van der Waals surface area contributed by atoms with Gasteiger partial charge in [-0.2, -0.15) is 0 Å². The molecule has 0 unspecified atom stereocenters. The number of aromatic nitrogens is 3. The quantitative estimate of drug-likeness (QED) is 0.184. The van der Waals surface area contributed by atoms with Gasteiger partial charge >= 0.3 is 0 Å². The van der Waals surface area contributed by atoms with Crippen molar-refractivity contribution in [1.82, 2.24) is 15.0 Å². The van der Waals surface area contributed by atoms with Gasteiger partial charge in [-0.15, -0.1) is 0 Å². The summed E-state index contributed by atoms with van der Waals surface area (Å²) >= 11 is 0. The highest BCUT2D eigenvalue weighted by Crippen LogP contribution is 2.38. The van der Waals surface area contributed by atoms with Crippen LogP contribution in [0.1, 0.15) is 0 Å². The van der Waals surface area contributed by atoms with E-state index in [0.29, 0.717) is 17.5 Å². The van der Waals surface area contributed by atoms with Gasteiger partial charge in [-0.05, 0) is 57.6 Å². The van der Waals surface area contributed by atoms with E-state index in [1.165, 1.54) is 11.1 Å². The zero-order valence-electron chi connectivity index (χ0n) is 26.5. The molecular weight excluding hydrogens is 599 g/mol. The monoisotopic (exact) mass is 627 g/mol. The number of benzene rings is 7. The summed E-state index contributed by atoms with van der Waals surface area (Å²) in [5.41, 5.74) is 11.3. The number of fused-ring (bicyclic) bond motifs is 3. The summed E-state index contributed by atoms with van der Waals surface area (Å²) in [6, 6.07) is 60.4. The van der Waals surface area contributed by atoms with Crippen LogP contribution in [0.25, 0.3) is 89.5 Å². The van der Waals surface area contributed by atoms with E-state index in [0.717, 1.165) is 60.9 Å². The molecule has 9 aromatic rings. The van der Waals surface area contributed by atoms with Crippen LogP contribution >= 0.6 is 0 Å². The maximum absolute atomic E-state index is 6.33. The molecule has 0 aliphatic heterocycles. The topological polar surface area (TPSA) is 51.8 Å². The first kappa shape index (κ1) is 28.6. The Balaban J connectivity index is 1.19. The average Bonchev–Trinajstić information content (AvgIpc) is 3.57. The fourth-order valence-corrected chi connectivity index (χ4v) is 6.47. The molecule has 0 bridgehead atoms. The molecular formula is C45H29N3O. The van der Waals surface area contributed by atoms with E-state index in [9.17, 15) is 0 Å². The molecule has 4 nitrogen and oxygen atoms in total. The lowest BCUT2D eigenvalue weighted by atomic mass is 9.99. The predicted molar refractivity (Wildman–Crippen MR) is 200 cm³/mol. The summed E-state index contributed by atoms with van der Waals surface area (Å²) in [6.07, 6.45) is 0. The van der Waals surface area contributed by atoms with E-state index < -0.39 is 0 Å². The highest BCUT2D eigenvalue weighted by Gasteiger charge is 2.17. The van der Waals surface area contributed by atoms with Crippen LogP contribution in [-0.2, 0) is 0 Å². The molecule has 4 heteroatoms. The normalized spacial score (nSPS) is 11.3. The first-order chi connectivity index (χ1) is 24.3. The Morgan fingerprint density at radius 2 is 0.735 bits per heavy atom. The lowest BCUT2D eigenvalue weighted by Gasteiger charge is -2.10. The standard InChI is InChI=1S/C45H29N3O/c1-4-11-30(12-5-1)32-19-23-35(24-20-32)43-46-44(36-25-21-33(22-26-36)31-13-6-2-7-14-31)48-45(47-43)37-27-28-40-39(29-37)42-38(17-10-18-41(42)49-40)34-15-8-3-9-16-34/h1-29H. The Kier molecular flexibility index (Phi) is 7.10. The largest absolute Gasteiger partial charge is 0.456 e. The molecule has 7 aromatic carbocycles. The first-order valence-electron chi connectivity index (χ1n) is 16.4. The fraction of sp³-hybridized carbons (Fsp3) is 0. The average molecular weight is 628 g/mol. The van der Waals surface area contributed by atoms with Gasteiger partial charge in [0.25, 0.3) is 0 Å². The molecule has 49 heavy (non-hydrogen) atoms. The van der Waals surface area contributed by atoms with Gasteiger partial charge in [-0.3, -0.25) is 0 Å². The summed E-state index contributed by atoms with van der Waals surface area (Å²) in [6.45, 7) is 0. The second-order valence-corrected chi connectivity index (χ2v) is 12.1. The minimum atomic E-state index is 0.604. The lowest BCUT2D eigenvalue weighted by Crippen LogP contribution is -2.00. The molecule has 0 radical (unpaired) electrons. The Labute approximate surface area is 284 Å². The molecule has 2 heterocycles. The summed E-state index contributed by atoms with van der Waals surface area (Å²) in [4.78, 5) is 15.2. The molecule has 0 N–H and O–H groups in total. The number of nitrogens with zero attached hydrogens (tertiary/aromatic N) is 3. The van der Waals surface area contributed by atoms with E-state index in [2.05, 4.69) is 133 Å². The van der Waals surface area contributed by atoms with Crippen LogP contribution in [0, 0.1) is 0 Å². The molecule has 9 rings (SSSR count). The number of hydrogen-bond acceptors (Lipinski definition) is 4. The van der Waals surface area contributed by atoms with Crippen LogP contribution in [0.5, 0.6) is 0 Å². The van der Waals surface area contributed by atoms with Crippen LogP contribution in [-0.4, -0.2) is 15.0 Å². The van der Waals surface area contributed by atoms with Crippen molar-refractivity contribution in [2.24, 2.45) is 0 Å². The number of rotatable bonds is 6. The molecule has 0 amide bonds. The molecule has 0 aliphatic carbocycles. The summed E-state index contributed by atoms with van der Waals surface area (Å²) < 4.78 is 6.33. The van der Waals surface area contributed by atoms with Crippen LogP contribution in [0.15, 0.2) is 180 Å². The van der Waals surface area contributed by atoms with Crippen LogP contribution in [0.2, 0.25) is 0 Å². The van der Waals surface area contributed by atoms with Gasteiger partial charge in [0, 0.05) is 27.5 Å². The van der Waals surface area contributed by atoms with Crippen LogP contribution in [0.4, 0.5) is 0 Å². The summed E-state index contributed by atoms with van der Waals surface area (Å²) in [7, 11) is 0. The number of hydrogen-bond donors (Lipinski definition) is 0. The van der Waals surface area contributed by atoms with Gasteiger partial charge in [0.05, 0.1) is 0 Å². The fourth-order valence-electron chi connectivity index (χ4n) is 6.47. The van der Waals surface area contributed by atoms with Crippen molar-refractivity contribution in [3.05, 3.63) is 176 Å². The maximum atomic E-state index is 6.33. The van der Waals surface area contributed by atoms with Crippen molar-refractivity contribution in [2.75, 3.05) is 0 Å². The van der Waals surface area contributed by atoms with Gasteiger partial charge in [-0.1, -0.05) is 152 Å². The Morgan fingerprint density at radius 1 is 0.306 bits per heavy atom. The predicted octanol–water partition coefficient (Wildman–Crippen LogP) is 11.8. The first-order valence-corrected chi connectivity index (χ1v) is 16.4. The third-order valence-corrected chi connectivity index (χ3v) is 8.97. The second kappa shape index (κ2) is 12.2. The second-order valence-electron chi connectivity index (χ2n) is 12.1. The SMILES string of the molecule is c1ccc(-c2ccc(-c3nc(-c4ccc(-c5ccccc5)cc4)nc(-c4ccc5oc6cccc(-c7ccccc7)c6c5c4)n3)cc2)cc1. The van der Waals surface area contributed by atoms with E-state index in [-0.39, 0.29) is 0 Å². The van der Waals surface area contributed by atoms with Gasteiger partial charge < -0.3 is 4.42 Å². The van der Waals surface area contributed by atoms with Crippen molar-refractivity contribution in [1.29, 1.82) is 0 Å². The van der Waals surface area contributed by atoms with E-state index >= 15 is 0 Å². The third kappa shape index (κ3) is 5.45. The highest BCUT2D eigenvalue weighted by molar-refractivity contribution is 6.13. The van der Waals surface area contributed by atoms with E-state index in [1.807, 2.05) is 42.5 Å². The Bertz CT molecular complexity index is 2460. The highest BCUT2D eigenvalue weighted by atomic mass is 16.3. The molecule has 2 aromatic heterocycles. The van der Waals surface area contributed by atoms with Gasteiger partial charge in [0.2, 0.25) is 0 Å². The molecule has 0 spiro atoms. The molecule has 0 saturated heterocycles. The summed E-state index contributed by atoms with van der Waals surface area (Å²) in [5, 5.41) is 2.10. The minimum absolute atomic E-state index is 0.604. The number of furan rings is 1. The van der Waals surface area contributed by atoms with Crippen molar-refractivity contribution < 1.29 is 4.42 Å². The zero-order valence-corrected chi connectivity index (χ0v) is 26.5. The molecule has 0 fully saturated rings. The van der Waals surface area contributed by atoms with E-state index in [4.69, 9.17) is 19.4 Å². The minimum Gasteiger partial charge on any atom is -0.456 e. The molecule has 230 valence electrons. The lowest BCUT2D eigenvalue weighted by molar-refractivity contribution is 0.669. The van der Waals surface area contributed by atoms with Gasteiger partial charge in [0.1, 0.15) is 11.2 Å². The maximum Gasteiger partial charge on any atom is 0.164 e. The Morgan fingerprint density at radius 3 is 1.27 bits per heavy atom. The van der Waals surface area contributed by atoms with Gasteiger partial charge in [-0.25, -0.2) is 15.0 Å². The van der Waals surface area contributed by atoms with Crippen molar-refractivity contribution in [3.63, 3.8) is 0 Å². The van der Waals surface area contributed by atoms with Crippen molar-refractivity contribution in [3.8, 4) is 67.5 Å². The zero-order chi connectivity index (χ0) is 32.6. The van der Waals surface area contributed by atoms with Crippen molar-refractivity contribution >= 4 is 21.9 Å². The van der Waals surface area contributed by atoms with Crippen LogP contribution < -0.4 is 0 Å². The smallest absolute Gasteiger partial charge is 0.164 e. The van der Waals surface area contributed by atoms with Crippen molar-refractivity contribution in [2.45, 2.75) is 0 Å².